The normalized spacial score (nSPS) is 18.4. The Kier molecular flexibility index (Phi) is 5.65. The van der Waals surface area contributed by atoms with Crippen LogP contribution in [0.5, 0.6) is 0 Å². The number of unbranched alkanes of at least 4 members (excludes halogenated alkanes) is 3. The Morgan fingerprint density at radius 2 is 1.72 bits per heavy atom. The molecular formula is C12H21NO4S. The van der Waals surface area contributed by atoms with Crippen LogP contribution in [0.1, 0.15) is 58.8 Å². The van der Waals surface area contributed by atoms with Crippen molar-refractivity contribution in [3.8, 4) is 0 Å². The quantitative estimate of drug-likeness (QED) is 0.724. The molecule has 0 atom stereocenters. The molecule has 0 saturated carbocycles. The molecule has 0 spiro atoms. The van der Waals surface area contributed by atoms with Gasteiger partial charge in [-0.2, -0.15) is 8.42 Å². The zero-order chi connectivity index (χ0) is 13.6. The van der Waals surface area contributed by atoms with E-state index in [1.807, 2.05) is 11.6 Å². The molecule has 1 aliphatic heterocycles. The van der Waals surface area contributed by atoms with Crippen LogP contribution in [0.3, 0.4) is 0 Å². The van der Waals surface area contributed by atoms with Crippen LogP contribution in [-0.2, 0) is 19.3 Å². The molecule has 6 heteroatoms. The summed E-state index contributed by atoms with van der Waals surface area (Å²) in [4.78, 5) is 11.7. The third-order valence-corrected chi connectivity index (χ3v) is 3.68. The molecule has 1 aliphatic rings. The van der Waals surface area contributed by atoms with Crippen LogP contribution in [0.4, 0.5) is 0 Å². The number of hydrogen-bond donors (Lipinski definition) is 1. The highest BCUT2D eigenvalue weighted by Gasteiger charge is 2.30. The van der Waals surface area contributed by atoms with Gasteiger partial charge in [0.2, 0.25) is 0 Å². The second kappa shape index (κ2) is 6.78. The summed E-state index contributed by atoms with van der Waals surface area (Å²) in [7, 11) is -3.93. The fourth-order valence-electron chi connectivity index (χ4n) is 1.84. The molecule has 1 N–H and O–H groups in total. The van der Waals surface area contributed by atoms with Gasteiger partial charge in [0.1, 0.15) is 5.76 Å². The van der Waals surface area contributed by atoms with Gasteiger partial charge in [-0.1, -0.05) is 33.1 Å². The van der Waals surface area contributed by atoms with Crippen molar-refractivity contribution in [1.29, 1.82) is 0 Å². The lowest BCUT2D eigenvalue weighted by Crippen LogP contribution is -2.38. The first-order valence-corrected chi connectivity index (χ1v) is 7.89. The van der Waals surface area contributed by atoms with Gasteiger partial charge in [0.25, 0.3) is 5.91 Å². The molecule has 5 nitrogen and oxygen atoms in total. The van der Waals surface area contributed by atoms with Gasteiger partial charge in [0, 0.05) is 6.42 Å². The van der Waals surface area contributed by atoms with Gasteiger partial charge in [-0.05, 0) is 19.3 Å². The lowest BCUT2D eigenvalue weighted by molar-refractivity contribution is -0.116. The van der Waals surface area contributed by atoms with E-state index in [2.05, 4.69) is 6.92 Å². The molecule has 0 unspecified atom stereocenters. The van der Waals surface area contributed by atoms with Crippen LogP contribution in [-0.4, -0.2) is 14.3 Å². The highest BCUT2D eigenvalue weighted by molar-refractivity contribution is 7.85. The minimum atomic E-state index is -3.93. The number of rotatable bonds is 7. The van der Waals surface area contributed by atoms with E-state index < -0.39 is 16.2 Å². The van der Waals surface area contributed by atoms with E-state index in [-0.39, 0.29) is 0 Å². The predicted molar refractivity (Wildman–Crippen MR) is 68.8 cm³/mol. The maximum atomic E-state index is 11.7. The molecule has 1 amide bonds. The van der Waals surface area contributed by atoms with Gasteiger partial charge in [-0.3, -0.25) is 4.79 Å². The molecule has 0 aromatic heterocycles. The van der Waals surface area contributed by atoms with Crippen molar-refractivity contribution < 1.29 is 17.4 Å². The van der Waals surface area contributed by atoms with Crippen molar-refractivity contribution in [3.63, 3.8) is 0 Å². The van der Waals surface area contributed by atoms with E-state index in [4.69, 9.17) is 4.18 Å². The highest BCUT2D eigenvalue weighted by atomic mass is 32.2. The molecule has 0 aromatic carbocycles. The first-order chi connectivity index (χ1) is 8.50. The largest absolute Gasteiger partial charge is 0.409 e. The van der Waals surface area contributed by atoms with E-state index in [1.165, 1.54) is 0 Å². The smallest absolute Gasteiger partial charge is 0.371 e. The second-order valence-corrected chi connectivity index (χ2v) is 5.71. The molecule has 0 aliphatic carbocycles. The van der Waals surface area contributed by atoms with Crippen LogP contribution < -0.4 is 4.72 Å². The number of carbonyl (C=O) groups is 1. The average Bonchev–Trinajstić information content (AvgIpc) is 2.27. The number of nitrogens with one attached hydrogen (secondary N) is 1. The lowest BCUT2D eigenvalue weighted by Gasteiger charge is -2.20. The van der Waals surface area contributed by atoms with Crippen molar-refractivity contribution >= 4 is 16.2 Å². The summed E-state index contributed by atoms with van der Waals surface area (Å²) < 4.78 is 29.5. The predicted octanol–water partition coefficient (Wildman–Crippen LogP) is 2.40. The van der Waals surface area contributed by atoms with Gasteiger partial charge in [0.15, 0.2) is 0 Å². The van der Waals surface area contributed by atoms with Gasteiger partial charge < -0.3 is 4.18 Å². The van der Waals surface area contributed by atoms with E-state index in [0.717, 1.165) is 32.1 Å². The van der Waals surface area contributed by atoms with Crippen molar-refractivity contribution in [2.24, 2.45) is 0 Å². The molecule has 0 aromatic rings. The number of allylic oxidation sites excluding steroid dienone is 1. The number of amides is 1. The van der Waals surface area contributed by atoms with Gasteiger partial charge in [-0.15, -0.1) is 0 Å². The topological polar surface area (TPSA) is 72.5 Å². The standard InChI is InChI=1S/C12H21NO4S/c1-3-5-7-9-11-10(8-6-4-2)12(14)13-18(15,16)17-11/h3-9H2,1-2H3,(H,13,14). The number of carbonyl (C=O) groups excluding carboxylic acids is 1. The summed E-state index contributed by atoms with van der Waals surface area (Å²) in [6, 6.07) is 0. The average molecular weight is 275 g/mol. The first-order valence-electron chi connectivity index (χ1n) is 6.48. The monoisotopic (exact) mass is 275 g/mol. The van der Waals surface area contributed by atoms with Crippen LogP contribution in [0.15, 0.2) is 11.3 Å². The summed E-state index contributed by atoms with van der Waals surface area (Å²) >= 11 is 0. The second-order valence-electron chi connectivity index (χ2n) is 4.43. The molecule has 0 fully saturated rings. The Balaban J connectivity index is 2.85. The van der Waals surface area contributed by atoms with Crippen LogP contribution in [0.25, 0.3) is 0 Å². The fraction of sp³-hybridized carbons (Fsp3) is 0.750. The minimum absolute atomic E-state index is 0.334. The van der Waals surface area contributed by atoms with Crippen molar-refractivity contribution in [1.82, 2.24) is 4.72 Å². The summed E-state index contributed by atoms with van der Waals surface area (Å²) in [6.07, 6.45) is 5.75. The first kappa shape index (κ1) is 15.0. The Hall–Kier alpha value is -1.04. The summed E-state index contributed by atoms with van der Waals surface area (Å²) in [5.41, 5.74) is 0.489. The molecule has 1 heterocycles. The van der Waals surface area contributed by atoms with Crippen LogP contribution in [0, 0.1) is 0 Å². The molecule has 104 valence electrons. The Labute approximate surface area is 109 Å². The third kappa shape index (κ3) is 4.33. The zero-order valence-electron chi connectivity index (χ0n) is 11.0. The molecular weight excluding hydrogens is 254 g/mol. The maximum absolute atomic E-state index is 11.7. The third-order valence-electron chi connectivity index (χ3n) is 2.83. The van der Waals surface area contributed by atoms with Gasteiger partial charge in [-0.25, -0.2) is 4.72 Å². The lowest BCUT2D eigenvalue weighted by atomic mass is 10.0. The highest BCUT2D eigenvalue weighted by Crippen LogP contribution is 2.24. The molecule has 0 radical (unpaired) electrons. The summed E-state index contributed by atoms with van der Waals surface area (Å²) in [6.45, 7) is 4.09. The van der Waals surface area contributed by atoms with Crippen LogP contribution >= 0.6 is 0 Å². The molecule has 0 bridgehead atoms. The Morgan fingerprint density at radius 1 is 1.06 bits per heavy atom. The SMILES string of the molecule is CCCCCC1=C(CCCC)C(=O)NS(=O)(=O)O1. The fourth-order valence-corrected chi connectivity index (χ4v) is 2.68. The van der Waals surface area contributed by atoms with E-state index in [0.29, 0.717) is 24.2 Å². The summed E-state index contributed by atoms with van der Waals surface area (Å²) in [5.74, 6) is -0.193. The number of hydrogen-bond acceptors (Lipinski definition) is 4. The minimum Gasteiger partial charge on any atom is -0.371 e. The molecule has 18 heavy (non-hydrogen) atoms. The maximum Gasteiger partial charge on any atom is 0.409 e. The van der Waals surface area contributed by atoms with Gasteiger partial charge >= 0.3 is 10.3 Å². The van der Waals surface area contributed by atoms with E-state index in [9.17, 15) is 13.2 Å². The van der Waals surface area contributed by atoms with Crippen molar-refractivity contribution in [3.05, 3.63) is 11.3 Å². The Morgan fingerprint density at radius 3 is 2.33 bits per heavy atom. The van der Waals surface area contributed by atoms with Gasteiger partial charge in [0.05, 0.1) is 5.57 Å². The van der Waals surface area contributed by atoms with E-state index in [1.54, 1.807) is 0 Å². The summed E-state index contributed by atoms with van der Waals surface area (Å²) in [5, 5.41) is 0. The molecule has 1 rings (SSSR count). The van der Waals surface area contributed by atoms with E-state index >= 15 is 0 Å². The van der Waals surface area contributed by atoms with Crippen molar-refractivity contribution in [2.75, 3.05) is 0 Å². The van der Waals surface area contributed by atoms with Crippen molar-refractivity contribution in [2.45, 2.75) is 58.8 Å². The Bertz CT molecular complexity index is 425. The molecule has 0 saturated heterocycles. The zero-order valence-corrected chi connectivity index (χ0v) is 11.8. The van der Waals surface area contributed by atoms with Crippen LogP contribution in [0.2, 0.25) is 0 Å².